The number of pyridine rings is 1. The Morgan fingerprint density at radius 3 is 2.79 bits per heavy atom. The summed E-state index contributed by atoms with van der Waals surface area (Å²) in [6, 6.07) is 11.9. The molecule has 0 unspecified atom stereocenters. The van der Waals surface area contributed by atoms with Crippen molar-refractivity contribution in [2.24, 2.45) is 0 Å². The lowest BCUT2D eigenvalue weighted by molar-refractivity contribution is 0.222. The molecule has 28 heavy (non-hydrogen) atoms. The van der Waals surface area contributed by atoms with Crippen LogP contribution in [0.15, 0.2) is 53.3 Å². The number of thiocarbonyl (C=S) groups is 1. The Balaban J connectivity index is 1.76. The van der Waals surface area contributed by atoms with Gasteiger partial charge in [0.05, 0.1) is 37.2 Å². The lowest BCUT2D eigenvalue weighted by Gasteiger charge is -2.27. The number of hydrogen-bond donors (Lipinski definition) is 2. The Morgan fingerprint density at radius 1 is 1.25 bits per heavy atom. The molecule has 0 radical (unpaired) electrons. The second kappa shape index (κ2) is 7.77. The minimum atomic E-state index is -0.0715. The van der Waals surface area contributed by atoms with Gasteiger partial charge in [-0.05, 0) is 62.0 Å². The van der Waals surface area contributed by atoms with Crippen molar-refractivity contribution < 1.29 is 9.52 Å². The number of nitrogens with one attached hydrogen (secondary N) is 1. The van der Waals surface area contributed by atoms with E-state index in [1.54, 1.807) is 12.5 Å². The third-order valence-electron chi connectivity index (χ3n) is 5.36. The van der Waals surface area contributed by atoms with Crippen molar-refractivity contribution in [1.29, 1.82) is 0 Å². The number of aryl methyl sites for hydroxylation is 1. The van der Waals surface area contributed by atoms with Crippen LogP contribution in [0.5, 0.6) is 0 Å². The minimum Gasteiger partial charge on any atom is -0.467 e. The molecule has 4 rings (SSSR count). The maximum Gasteiger partial charge on any atom is 0.170 e. The fourth-order valence-corrected chi connectivity index (χ4v) is 4.35. The molecule has 7 heteroatoms. The average Bonchev–Trinajstić information content (AvgIpc) is 3.39. The summed E-state index contributed by atoms with van der Waals surface area (Å²) in [4.78, 5) is 6.62. The summed E-state index contributed by atoms with van der Waals surface area (Å²) >= 11 is 5.59. The van der Waals surface area contributed by atoms with Crippen LogP contribution in [0.25, 0.3) is 0 Å². The highest BCUT2D eigenvalue weighted by atomic mass is 32.1. The van der Waals surface area contributed by atoms with Gasteiger partial charge in [0.1, 0.15) is 5.76 Å². The van der Waals surface area contributed by atoms with Crippen LogP contribution in [0, 0.1) is 13.8 Å². The number of hydrogen-bond acceptors (Lipinski definition) is 4. The molecule has 0 bridgehead atoms. The molecule has 1 aliphatic heterocycles. The summed E-state index contributed by atoms with van der Waals surface area (Å²) in [6.07, 6.45) is 3.50. The van der Waals surface area contributed by atoms with Gasteiger partial charge >= 0.3 is 0 Å². The minimum absolute atomic E-state index is 0.0360. The van der Waals surface area contributed by atoms with Crippen LogP contribution in [-0.2, 0) is 6.54 Å². The molecule has 0 amide bonds. The summed E-state index contributed by atoms with van der Waals surface area (Å²) < 4.78 is 7.79. The number of aliphatic hydroxyl groups is 1. The molecular formula is C21H24N4O2S. The topological polar surface area (TPSA) is 66.5 Å². The molecule has 1 aliphatic rings. The lowest BCUT2D eigenvalue weighted by Crippen LogP contribution is -2.32. The van der Waals surface area contributed by atoms with E-state index in [9.17, 15) is 5.11 Å². The van der Waals surface area contributed by atoms with Gasteiger partial charge in [0.25, 0.3) is 0 Å². The van der Waals surface area contributed by atoms with E-state index in [2.05, 4.69) is 39.7 Å². The summed E-state index contributed by atoms with van der Waals surface area (Å²) in [5, 5.41) is 13.7. The monoisotopic (exact) mass is 396 g/mol. The molecule has 0 aromatic carbocycles. The van der Waals surface area contributed by atoms with Crippen LogP contribution in [0.2, 0.25) is 0 Å². The van der Waals surface area contributed by atoms with Crippen LogP contribution in [0.4, 0.5) is 0 Å². The third-order valence-corrected chi connectivity index (χ3v) is 5.72. The van der Waals surface area contributed by atoms with E-state index in [0.717, 1.165) is 22.8 Å². The number of nitrogens with zero attached hydrogens (tertiary/aromatic N) is 3. The zero-order chi connectivity index (χ0) is 19.7. The van der Waals surface area contributed by atoms with E-state index in [0.29, 0.717) is 18.2 Å². The van der Waals surface area contributed by atoms with Gasteiger partial charge in [0, 0.05) is 24.1 Å². The molecule has 3 aromatic rings. The SMILES string of the molecule is Cc1cc([C@@H]2[C@@H](c3ccccn3)NC(=S)N2CCO)c(C)n1Cc1ccco1. The highest BCUT2D eigenvalue weighted by Gasteiger charge is 2.41. The molecule has 2 atom stereocenters. The van der Waals surface area contributed by atoms with Gasteiger partial charge in [-0.2, -0.15) is 0 Å². The van der Waals surface area contributed by atoms with Gasteiger partial charge in [0.2, 0.25) is 0 Å². The first-order valence-electron chi connectivity index (χ1n) is 9.38. The summed E-state index contributed by atoms with van der Waals surface area (Å²) in [5.74, 6) is 0.918. The maximum absolute atomic E-state index is 9.60. The Kier molecular flexibility index (Phi) is 5.19. The number of β-amino-alcohol motifs (C(OH)–C–C–N with tert-alkyl or cyclic N) is 1. The van der Waals surface area contributed by atoms with E-state index in [-0.39, 0.29) is 18.7 Å². The van der Waals surface area contributed by atoms with Crippen LogP contribution in [-0.4, -0.2) is 37.8 Å². The Morgan fingerprint density at radius 2 is 2.11 bits per heavy atom. The smallest absolute Gasteiger partial charge is 0.170 e. The Labute approximate surface area is 169 Å². The Bertz CT molecular complexity index is 952. The largest absolute Gasteiger partial charge is 0.467 e. The second-order valence-electron chi connectivity index (χ2n) is 7.04. The van der Waals surface area contributed by atoms with Crippen molar-refractivity contribution in [3.8, 4) is 0 Å². The van der Waals surface area contributed by atoms with Crippen LogP contribution >= 0.6 is 12.2 Å². The van der Waals surface area contributed by atoms with Gasteiger partial charge in [-0.3, -0.25) is 4.98 Å². The third kappa shape index (κ3) is 3.31. The predicted octanol–water partition coefficient (Wildman–Crippen LogP) is 3.11. The van der Waals surface area contributed by atoms with Crippen molar-refractivity contribution in [3.05, 3.63) is 77.3 Å². The molecule has 4 heterocycles. The van der Waals surface area contributed by atoms with Gasteiger partial charge in [-0.1, -0.05) is 6.07 Å². The molecule has 3 aromatic heterocycles. The Hall–Kier alpha value is -2.64. The van der Waals surface area contributed by atoms with Crippen molar-refractivity contribution in [3.63, 3.8) is 0 Å². The average molecular weight is 397 g/mol. The van der Waals surface area contributed by atoms with Crippen molar-refractivity contribution >= 4 is 17.3 Å². The number of aromatic nitrogens is 2. The lowest BCUT2D eigenvalue weighted by atomic mass is 9.97. The number of aliphatic hydroxyl groups excluding tert-OH is 1. The summed E-state index contributed by atoms with van der Waals surface area (Å²) in [5.41, 5.74) is 4.44. The quantitative estimate of drug-likeness (QED) is 0.624. The summed E-state index contributed by atoms with van der Waals surface area (Å²) in [7, 11) is 0. The standard InChI is InChI=1S/C21H24N4O2S/c1-14-12-17(15(2)25(14)13-16-6-5-11-27-16)20-19(18-7-3-4-8-22-18)23-21(28)24(20)9-10-26/h3-8,11-12,19-20,26H,9-10,13H2,1-2H3,(H,23,28)/t19-,20-/m1/s1. The van der Waals surface area contributed by atoms with Crippen molar-refractivity contribution in [2.75, 3.05) is 13.2 Å². The number of furan rings is 1. The van der Waals surface area contributed by atoms with Crippen LogP contribution in [0.1, 0.15) is 40.5 Å². The van der Waals surface area contributed by atoms with Crippen LogP contribution < -0.4 is 5.32 Å². The van der Waals surface area contributed by atoms with E-state index in [4.69, 9.17) is 16.6 Å². The van der Waals surface area contributed by atoms with Crippen molar-refractivity contribution in [2.45, 2.75) is 32.5 Å². The molecule has 2 N–H and O–H groups in total. The first kappa shape index (κ1) is 18.7. The first-order chi connectivity index (χ1) is 13.6. The van der Waals surface area contributed by atoms with E-state index >= 15 is 0 Å². The zero-order valence-corrected chi connectivity index (χ0v) is 16.8. The van der Waals surface area contributed by atoms with Gasteiger partial charge in [-0.15, -0.1) is 0 Å². The molecule has 0 saturated carbocycles. The second-order valence-corrected chi connectivity index (χ2v) is 7.42. The summed E-state index contributed by atoms with van der Waals surface area (Å²) in [6.45, 7) is 5.43. The zero-order valence-electron chi connectivity index (χ0n) is 16.0. The van der Waals surface area contributed by atoms with Gasteiger partial charge in [-0.25, -0.2) is 0 Å². The van der Waals surface area contributed by atoms with E-state index in [1.165, 1.54) is 5.56 Å². The normalized spacial score (nSPS) is 19.2. The van der Waals surface area contributed by atoms with E-state index in [1.807, 2.05) is 30.3 Å². The fourth-order valence-electron chi connectivity index (χ4n) is 4.02. The maximum atomic E-state index is 9.60. The highest BCUT2D eigenvalue weighted by molar-refractivity contribution is 7.80. The first-order valence-corrected chi connectivity index (χ1v) is 9.79. The van der Waals surface area contributed by atoms with Crippen molar-refractivity contribution in [1.82, 2.24) is 19.8 Å². The van der Waals surface area contributed by atoms with Gasteiger partial charge < -0.3 is 24.3 Å². The molecule has 146 valence electrons. The predicted molar refractivity (Wildman–Crippen MR) is 111 cm³/mol. The van der Waals surface area contributed by atoms with Gasteiger partial charge in [0.15, 0.2) is 5.11 Å². The molecule has 0 aliphatic carbocycles. The highest BCUT2D eigenvalue weighted by Crippen LogP contribution is 2.40. The van der Waals surface area contributed by atoms with E-state index < -0.39 is 0 Å². The molecule has 1 saturated heterocycles. The number of rotatable bonds is 6. The molecule has 1 fully saturated rings. The molecular weight excluding hydrogens is 372 g/mol. The van der Waals surface area contributed by atoms with Crippen LogP contribution in [0.3, 0.4) is 0 Å². The molecule has 6 nitrogen and oxygen atoms in total. The molecule has 0 spiro atoms. The fraction of sp³-hybridized carbons (Fsp3) is 0.333.